The number of aryl methyl sites for hydroxylation is 1. The number of hydrogen-bond donors (Lipinski definition) is 0. The summed E-state index contributed by atoms with van der Waals surface area (Å²) in [6.45, 7) is 1.90. The van der Waals surface area contributed by atoms with Crippen molar-refractivity contribution in [3.05, 3.63) is 59.7 Å². The summed E-state index contributed by atoms with van der Waals surface area (Å²) >= 11 is 3.33. The molecule has 0 bridgehead atoms. The van der Waals surface area contributed by atoms with E-state index in [0.29, 0.717) is 5.75 Å². The fraction of sp³-hybridized carbons (Fsp3) is 0.143. The second-order valence-corrected chi connectivity index (χ2v) is 6.24. The molecule has 3 nitrogen and oxygen atoms in total. The third-order valence-corrected chi connectivity index (χ3v) is 4.50. The van der Waals surface area contributed by atoms with E-state index in [1.807, 2.05) is 19.1 Å². The first kappa shape index (κ1) is 14.1. The van der Waals surface area contributed by atoms with Gasteiger partial charge in [0.15, 0.2) is 0 Å². The molecular weight excluding hydrogens is 328 g/mol. The molecule has 2 rings (SSSR count). The zero-order valence-corrected chi connectivity index (χ0v) is 12.7. The lowest BCUT2D eigenvalue weighted by molar-refractivity contribution is 0.486. The van der Waals surface area contributed by atoms with Gasteiger partial charge in [-0.25, -0.2) is 0 Å². The molecule has 0 fully saturated rings. The molecule has 0 aliphatic rings. The van der Waals surface area contributed by atoms with Crippen LogP contribution in [0.3, 0.4) is 0 Å². The number of hydrogen-bond acceptors (Lipinski definition) is 3. The lowest BCUT2D eigenvalue weighted by Crippen LogP contribution is -2.09. The third-order valence-electron chi connectivity index (χ3n) is 2.59. The normalized spacial score (nSPS) is 11.3. The summed E-state index contributed by atoms with van der Waals surface area (Å²) in [4.78, 5) is 0.155. The van der Waals surface area contributed by atoms with Crippen LogP contribution in [0.25, 0.3) is 0 Å². The third kappa shape index (κ3) is 3.58. The smallest absolute Gasteiger partial charge is 0.339 e. The average Bonchev–Trinajstić information content (AvgIpc) is 2.40. The Morgan fingerprint density at radius 1 is 1.00 bits per heavy atom. The second-order valence-electron chi connectivity index (χ2n) is 4.13. The van der Waals surface area contributed by atoms with E-state index < -0.39 is 10.1 Å². The first-order valence-corrected chi connectivity index (χ1v) is 8.20. The standard InChI is InChI=1S/C14H13BrO3S/c1-11-2-8-14(9-3-11)19(16,17)18-13-6-4-12(10-15)5-7-13/h2-9H,10H2,1H3. The van der Waals surface area contributed by atoms with Crippen molar-refractivity contribution in [3.63, 3.8) is 0 Å². The minimum Gasteiger partial charge on any atom is -0.379 e. The minimum atomic E-state index is -3.76. The minimum absolute atomic E-state index is 0.155. The van der Waals surface area contributed by atoms with Crippen molar-refractivity contribution in [2.45, 2.75) is 17.1 Å². The molecule has 0 spiro atoms. The number of alkyl halides is 1. The Kier molecular flexibility index (Phi) is 4.27. The summed E-state index contributed by atoms with van der Waals surface area (Å²) in [6, 6.07) is 13.5. The molecule has 0 aliphatic heterocycles. The quantitative estimate of drug-likeness (QED) is 0.630. The van der Waals surface area contributed by atoms with Crippen LogP contribution in [0.4, 0.5) is 0 Å². The van der Waals surface area contributed by atoms with Crippen LogP contribution in [0.1, 0.15) is 11.1 Å². The topological polar surface area (TPSA) is 43.4 Å². The molecule has 0 saturated carbocycles. The molecule has 2 aromatic rings. The van der Waals surface area contributed by atoms with Gasteiger partial charge in [0.25, 0.3) is 0 Å². The molecule has 2 aromatic carbocycles. The summed E-state index contributed by atoms with van der Waals surface area (Å²) < 4.78 is 29.2. The molecule has 0 unspecified atom stereocenters. The van der Waals surface area contributed by atoms with Crippen molar-refractivity contribution in [1.82, 2.24) is 0 Å². The lowest BCUT2D eigenvalue weighted by atomic mass is 10.2. The van der Waals surface area contributed by atoms with Gasteiger partial charge < -0.3 is 4.18 Å². The van der Waals surface area contributed by atoms with Crippen LogP contribution in [0.2, 0.25) is 0 Å². The van der Waals surface area contributed by atoms with E-state index in [-0.39, 0.29) is 4.90 Å². The van der Waals surface area contributed by atoms with E-state index >= 15 is 0 Å². The van der Waals surface area contributed by atoms with E-state index in [1.165, 1.54) is 12.1 Å². The molecule has 0 saturated heterocycles. The van der Waals surface area contributed by atoms with Crippen LogP contribution in [0.15, 0.2) is 53.4 Å². The van der Waals surface area contributed by atoms with Gasteiger partial charge >= 0.3 is 10.1 Å². The molecule has 100 valence electrons. The lowest BCUT2D eigenvalue weighted by Gasteiger charge is -2.07. The molecule has 19 heavy (non-hydrogen) atoms. The monoisotopic (exact) mass is 340 g/mol. The van der Waals surface area contributed by atoms with Gasteiger partial charge in [-0.3, -0.25) is 0 Å². The van der Waals surface area contributed by atoms with Crippen LogP contribution in [0.5, 0.6) is 5.75 Å². The van der Waals surface area contributed by atoms with Gasteiger partial charge in [0.1, 0.15) is 10.6 Å². The molecule has 0 N–H and O–H groups in total. The number of halogens is 1. The van der Waals surface area contributed by atoms with Crippen LogP contribution in [-0.4, -0.2) is 8.42 Å². The highest BCUT2D eigenvalue weighted by Crippen LogP contribution is 2.20. The van der Waals surface area contributed by atoms with E-state index in [4.69, 9.17) is 4.18 Å². The average molecular weight is 341 g/mol. The van der Waals surface area contributed by atoms with Gasteiger partial charge in [0, 0.05) is 5.33 Å². The van der Waals surface area contributed by atoms with Crippen molar-refractivity contribution < 1.29 is 12.6 Å². The number of rotatable bonds is 4. The van der Waals surface area contributed by atoms with Crippen molar-refractivity contribution >= 4 is 26.0 Å². The van der Waals surface area contributed by atoms with Gasteiger partial charge in [-0.05, 0) is 36.8 Å². The molecule has 0 atom stereocenters. The van der Waals surface area contributed by atoms with E-state index in [1.54, 1.807) is 24.3 Å². The summed E-state index contributed by atoms with van der Waals surface area (Å²) in [5.74, 6) is 0.310. The molecular formula is C14H13BrO3S. The highest BCUT2D eigenvalue weighted by Gasteiger charge is 2.16. The van der Waals surface area contributed by atoms with Gasteiger partial charge in [0.05, 0.1) is 0 Å². The Morgan fingerprint density at radius 3 is 2.11 bits per heavy atom. The molecule has 5 heteroatoms. The second kappa shape index (κ2) is 5.75. The summed E-state index contributed by atoms with van der Waals surface area (Å²) in [5.41, 5.74) is 2.06. The predicted octanol–water partition coefficient (Wildman–Crippen LogP) is 3.66. The first-order valence-electron chi connectivity index (χ1n) is 5.67. The molecule has 0 aliphatic carbocycles. The maximum atomic E-state index is 12.0. The SMILES string of the molecule is Cc1ccc(S(=O)(=O)Oc2ccc(CBr)cc2)cc1. The van der Waals surface area contributed by atoms with E-state index in [0.717, 1.165) is 16.5 Å². The Hall–Kier alpha value is -1.33. The van der Waals surface area contributed by atoms with E-state index in [2.05, 4.69) is 15.9 Å². The van der Waals surface area contributed by atoms with Gasteiger partial charge in [-0.15, -0.1) is 0 Å². The van der Waals surface area contributed by atoms with Crippen LogP contribution in [0, 0.1) is 6.92 Å². The van der Waals surface area contributed by atoms with Crippen LogP contribution >= 0.6 is 15.9 Å². The maximum absolute atomic E-state index is 12.0. The van der Waals surface area contributed by atoms with Crippen LogP contribution in [-0.2, 0) is 15.4 Å². The number of benzene rings is 2. The zero-order chi connectivity index (χ0) is 13.9. The van der Waals surface area contributed by atoms with Gasteiger partial charge in [-0.2, -0.15) is 8.42 Å². The zero-order valence-electron chi connectivity index (χ0n) is 10.3. The van der Waals surface area contributed by atoms with Crippen molar-refractivity contribution in [2.75, 3.05) is 0 Å². The Labute approximate surface area is 121 Å². The van der Waals surface area contributed by atoms with Crippen molar-refractivity contribution in [3.8, 4) is 5.75 Å². The van der Waals surface area contributed by atoms with Gasteiger partial charge in [-0.1, -0.05) is 45.8 Å². The van der Waals surface area contributed by atoms with Crippen molar-refractivity contribution in [2.24, 2.45) is 0 Å². The molecule has 0 radical (unpaired) electrons. The van der Waals surface area contributed by atoms with Crippen LogP contribution < -0.4 is 4.18 Å². The van der Waals surface area contributed by atoms with Crippen molar-refractivity contribution in [1.29, 1.82) is 0 Å². The first-order chi connectivity index (χ1) is 9.01. The van der Waals surface area contributed by atoms with Gasteiger partial charge in [0.2, 0.25) is 0 Å². The summed E-state index contributed by atoms with van der Waals surface area (Å²) in [6.07, 6.45) is 0. The van der Waals surface area contributed by atoms with E-state index in [9.17, 15) is 8.42 Å². The fourth-order valence-corrected chi connectivity index (χ4v) is 2.82. The Bertz CT molecular complexity index is 646. The summed E-state index contributed by atoms with van der Waals surface area (Å²) in [5, 5.41) is 0.720. The molecule has 0 amide bonds. The highest BCUT2D eigenvalue weighted by atomic mass is 79.9. The predicted molar refractivity (Wildman–Crippen MR) is 78.1 cm³/mol. The summed E-state index contributed by atoms with van der Waals surface area (Å²) in [7, 11) is -3.76. The fourth-order valence-electron chi connectivity index (χ4n) is 1.51. The molecule has 0 heterocycles. The highest BCUT2D eigenvalue weighted by molar-refractivity contribution is 9.08. The Morgan fingerprint density at radius 2 is 1.58 bits per heavy atom. The largest absolute Gasteiger partial charge is 0.379 e. The maximum Gasteiger partial charge on any atom is 0.339 e. The molecule has 0 aromatic heterocycles. The Balaban J connectivity index is 2.23.